The van der Waals surface area contributed by atoms with Crippen LogP contribution in [0.2, 0.25) is 0 Å². The van der Waals surface area contributed by atoms with Crippen molar-refractivity contribution in [1.29, 1.82) is 0 Å². The van der Waals surface area contributed by atoms with Gasteiger partial charge in [0.2, 0.25) is 10.0 Å². The van der Waals surface area contributed by atoms with Gasteiger partial charge in [-0.2, -0.15) is 0 Å². The van der Waals surface area contributed by atoms with E-state index < -0.39 is 15.8 Å². The van der Waals surface area contributed by atoms with Crippen LogP contribution in [0.1, 0.15) is 30.0 Å². The molecule has 6 nitrogen and oxygen atoms in total. The van der Waals surface area contributed by atoms with Crippen LogP contribution >= 0.6 is 0 Å². The zero-order chi connectivity index (χ0) is 16.7. The summed E-state index contributed by atoms with van der Waals surface area (Å²) in [5, 5.41) is 0. The molecule has 0 fully saturated rings. The summed E-state index contributed by atoms with van der Waals surface area (Å²) in [6.45, 7) is 0. The minimum absolute atomic E-state index is 0.107. The second-order valence-corrected chi connectivity index (χ2v) is 7.65. The lowest BCUT2D eigenvalue weighted by molar-refractivity contribution is 0.507. The maximum atomic E-state index is 12.7. The maximum absolute atomic E-state index is 12.7. The fraction of sp³-hybridized carbons (Fsp3) is 0.235. The van der Waals surface area contributed by atoms with Crippen molar-refractivity contribution in [3.05, 3.63) is 64.1 Å². The molecule has 124 valence electrons. The summed E-state index contributed by atoms with van der Waals surface area (Å²) in [5.74, 6) is -0.603. The molecule has 4 rings (SSSR count). The highest BCUT2D eigenvalue weighted by Crippen LogP contribution is 2.31. The van der Waals surface area contributed by atoms with Crippen LogP contribution in [0.5, 0.6) is 0 Å². The molecule has 1 aromatic heterocycles. The van der Waals surface area contributed by atoms with Gasteiger partial charge < -0.3 is 4.42 Å². The molecule has 0 radical (unpaired) electrons. The van der Waals surface area contributed by atoms with Crippen molar-refractivity contribution in [3.8, 4) is 0 Å². The van der Waals surface area contributed by atoms with Crippen LogP contribution in [0.4, 0.5) is 0 Å². The third-order valence-electron chi connectivity index (χ3n) is 4.37. The van der Waals surface area contributed by atoms with Gasteiger partial charge in [-0.25, -0.2) is 17.9 Å². The molecule has 24 heavy (non-hydrogen) atoms. The highest BCUT2D eigenvalue weighted by atomic mass is 32.2. The molecule has 2 aromatic carbocycles. The van der Waals surface area contributed by atoms with E-state index in [4.69, 9.17) is 4.42 Å². The first kappa shape index (κ1) is 15.2. The van der Waals surface area contributed by atoms with Gasteiger partial charge in [-0.05, 0) is 48.6 Å². The third kappa shape index (κ3) is 2.65. The molecule has 1 aliphatic carbocycles. The van der Waals surface area contributed by atoms with Gasteiger partial charge in [0.15, 0.2) is 5.58 Å². The first-order valence-corrected chi connectivity index (χ1v) is 9.24. The lowest BCUT2D eigenvalue weighted by Gasteiger charge is -2.26. The number of sulfonamides is 1. The summed E-state index contributed by atoms with van der Waals surface area (Å²) in [4.78, 5) is 13.8. The van der Waals surface area contributed by atoms with Gasteiger partial charge in [-0.3, -0.25) is 4.98 Å². The van der Waals surface area contributed by atoms with Crippen molar-refractivity contribution in [2.45, 2.75) is 30.2 Å². The first-order valence-electron chi connectivity index (χ1n) is 7.76. The lowest BCUT2D eigenvalue weighted by atomic mass is 9.88. The summed E-state index contributed by atoms with van der Waals surface area (Å²) in [5.41, 5.74) is 2.92. The van der Waals surface area contributed by atoms with Crippen LogP contribution in [0.3, 0.4) is 0 Å². The molecule has 3 aromatic rings. The molecule has 0 amide bonds. The Kier molecular flexibility index (Phi) is 3.54. The maximum Gasteiger partial charge on any atom is 0.417 e. The molecule has 0 spiro atoms. The van der Waals surface area contributed by atoms with Crippen molar-refractivity contribution >= 4 is 21.1 Å². The number of H-pyrrole nitrogens is 1. The van der Waals surface area contributed by atoms with Crippen LogP contribution < -0.4 is 10.5 Å². The molecule has 2 N–H and O–H groups in total. The van der Waals surface area contributed by atoms with Gasteiger partial charge in [0, 0.05) is 6.04 Å². The third-order valence-corrected chi connectivity index (χ3v) is 5.84. The summed E-state index contributed by atoms with van der Waals surface area (Å²) in [6.07, 6.45) is 2.68. The minimum atomic E-state index is -3.70. The van der Waals surface area contributed by atoms with E-state index in [0.717, 1.165) is 24.8 Å². The van der Waals surface area contributed by atoms with Crippen molar-refractivity contribution in [2.24, 2.45) is 0 Å². The van der Waals surface area contributed by atoms with Crippen molar-refractivity contribution in [1.82, 2.24) is 9.71 Å². The Hall–Kier alpha value is -2.38. The Bertz CT molecular complexity index is 1070. The zero-order valence-corrected chi connectivity index (χ0v) is 13.6. The molecule has 1 heterocycles. The van der Waals surface area contributed by atoms with Gasteiger partial charge >= 0.3 is 5.76 Å². The average Bonchev–Trinajstić information content (AvgIpc) is 2.94. The summed E-state index contributed by atoms with van der Waals surface area (Å²) >= 11 is 0. The van der Waals surface area contributed by atoms with E-state index in [1.165, 1.54) is 23.8 Å². The smallest absolute Gasteiger partial charge is 0.408 e. The van der Waals surface area contributed by atoms with E-state index in [-0.39, 0.29) is 10.9 Å². The number of oxazole rings is 1. The van der Waals surface area contributed by atoms with Gasteiger partial charge in [0.25, 0.3) is 0 Å². The molecule has 7 heteroatoms. The lowest BCUT2D eigenvalue weighted by Crippen LogP contribution is -2.31. The number of aromatic amines is 1. The molecule has 1 aliphatic rings. The van der Waals surface area contributed by atoms with Gasteiger partial charge in [0.05, 0.1) is 10.4 Å². The number of benzene rings is 2. The topological polar surface area (TPSA) is 92.2 Å². The summed E-state index contributed by atoms with van der Waals surface area (Å²) in [6, 6.07) is 12.0. The second kappa shape index (κ2) is 5.61. The Morgan fingerprint density at radius 2 is 2.00 bits per heavy atom. The predicted octanol–water partition coefficient (Wildman–Crippen LogP) is 2.48. The Labute approximate surface area is 138 Å². The molecular formula is C17H16N2O4S. The Morgan fingerprint density at radius 3 is 2.88 bits per heavy atom. The number of nitrogens with one attached hydrogen (secondary N) is 2. The average molecular weight is 344 g/mol. The second-order valence-electron chi connectivity index (χ2n) is 5.94. The standard InChI is InChI=1S/C17H16N2O4S/c20-17-18-15-10-12(8-9-16(15)23-17)24(21,22)19-14-7-3-5-11-4-1-2-6-13(11)14/h1-2,4,6,8-10,14,19H,3,5,7H2,(H,18,20). The van der Waals surface area contributed by atoms with Crippen molar-refractivity contribution in [3.63, 3.8) is 0 Å². The molecule has 0 aliphatic heterocycles. The monoisotopic (exact) mass is 344 g/mol. The predicted molar refractivity (Wildman–Crippen MR) is 89.3 cm³/mol. The van der Waals surface area contributed by atoms with Crippen molar-refractivity contribution in [2.75, 3.05) is 0 Å². The number of aromatic nitrogens is 1. The number of hydrogen-bond donors (Lipinski definition) is 2. The van der Waals surface area contributed by atoms with E-state index in [0.29, 0.717) is 11.1 Å². The molecule has 0 bridgehead atoms. The Morgan fingerprint density at radius 1 is 1.17 bits per heavy atom. The fourth-order valence-electron chi connectivity index (χ4n) is 3.23. The van der Waals surface area contributed by atoms with E-state index in [1.807, 2.05) is 24.3 Å². The van der Waals surface area contributed by atoms with Gasteiger partial charge in [-0.1, -0.05) is 24.3 Å². The van der Waals surface area contributed by atoms with Crippen LogP contribution in [-0.4, -0.2) is 13.4 Å². The van der Waals surface area contributed by atoms with Gasteiger partial charge in [0.1, 0.15) is 0 Å². The summed E-state index contributed by atoms with van der Waals surface area (Å²) < 4.78 is 33.1. The van der Waals surface area contributed by atoms with E-state index >= 15 is 0 Å². The minimum Gasteiger partial charge on any atom is -0.408 e. The number of fused-ring (bicyclic) bond motifs is 2. The molecular weight excluding hydrogens is 328 g/mol. The SMILES string of the molecule is O=c1[nH]c2cc(S(=O)(=O)NC3CCCc4ccccc43)ccc2o1. The van der Waals surface area contributed by atoms with Crippen molar-refractivity contribution < 1.29 is 12.8 Å². The molecule has 0 saturated carbocycles. The van der Waals surface area contributed by atoms with Crippen LogP contribution in [0.15, 0.2) is 56.6 Å². The number of hydrogen-bond acceptors (Lipinski definition) is 4. The quantitative estimate of drug-likeness (QED) is 0.763. The first-order chi connectivity index (χ1) is 11.5. The van der Waals surface area contributed by atoms with Gasteiger partial charge in [-0.15, -0.1) is 0 Å². The largest absolute Gasteiger partial charge is 0.417 e. The highest BCUT2D eigenvalue weighted by molar-refractivity contribution is 7.89. The normalized spacial score (nSPS) is 17.8. The molecule has 1 atom stereocenters. The van der Waals surface area contributed by atoms with E-state index in [9.17, 15) is 13.2 Å². The number of aryl methyl sites for hydroxylation is 1. The van der Waals surface area contributed by atoms with Crippen LogP contribution in [0, 0.1) is 0 Å². The molecule has 0 saturated heterocycles. The number of rotatable bonds is 3. The van der Waals surface area contributed by atoms with E-state index in [1.54, 1.807) is 0 Å². The Balaban J connectivity index is 1.69. The zero-order valence-electron chi connectivity index (χ0n) is 12.8. The summed E-state index contributed by atoms with van der Waals surface area (Å²) in [7, 11) is -3.70. The van der Waals surface area contributed by atoms with Crippen LogP contribution in [-0.2, 0) is 16.4 Å². The molecule has 1 unspecified atom stereocenters. The van der Waals surface area contributed by atoms with E-state index in [2.05, 4.69) is 9.71 Å². The van der Waals surface area contributed by atoms with Crippen LogP contribution in [0.25, 0.3) is 11.1 Å². The highest BCUT2D eigenvalue weighted by Gasteiger charge is 2.25. The fourth-order valence-corrected chi connectivity index (χ4v) is 4.51.